The Labute approximate surface area is 217 Å². The van der Waals surface area contributed by atoms with E-state index >= 15 is 0 Å². The van der Waals surface area contributed by atoms with E-state index in [1.165, 1.54) is 6.07 Å². The second-order valence-electron chi connectivity index (χ2n) is 9.45. The Balaban J connectivity index is 1.26. The smallest absolute Gasteiger partial charge is 0.155 e. The molecule has 8 nitrogen and oxygen atoms in total. The van der Waals surface area contributed by atoms with Crippen LogP contribution in [0.4, 0.5) is 4.39 Å². The minimum Gasteiger partial charge on any atom is -0.489 e. The van der Waals surface area contributed by atoms with Crippen LogP contribution in [0.1, 0.15) is 12.8 Å². The van der Waals surface area contributed by atoms with Crippen molar-refractivity contribution in [2.75, 3.05) is 13.1 Å². The van der Waals surface area contributed by atoms with Gasteiger partial charge in [0.1, 0.15) is 29.0 Å². The first-order valence-electron chi connectivity index (χ1n) is 12.6. The van der Waals surface area contributed by atoms with Gasteiger partial charge in [-0.2, -0.15) is 5.10 Å². The van der Waals surface area contributed by atoms with Crippen molar-refractivity contribution in [3.8, 4) is 39.4 Å². The van der Waals surface area contributed by atoms with Crippen LogP contribution in [0.2, 0.25) is 0 Å². The lowest BCUT2D eigenvalue weighted by atomic mass is 10.0. The quantitative estimate of drug-likeness (QED) is 0.286. The van der Waals surface area contributed by atoms with Crippen LogP contribution >= 0.6 is 0 Å². The van der Waals surface area contributed by atoms with Gasteiger partial charge in [-0.15, -0.1) is 0 Å². The number of aromatic nitrogens is 6. The Morgan fingerprint density at radius 2 is 1.71 bits per heavy atom. The lowest BCUT2D eigenvalue weighted by Crippen LogP contribution is -2.34. The Kier molecular flexibility index (Phi) is 5.55. The molecule has 1 aliphatic heterocycles. The van der Waals surface area contributed by atoms with Gasteiger partial charge in [0.05, 0.1) is 11.9 Å². The average molecular weight is 506 g/mol. The number of hydrogen-bond acceptors (Lipinski definition) is 6. The Bertz CT molecular complexity index is 1770. The van der Waals surface area contributed by atoms with E-state index in [1.54, 1.807) is 30.7 Å². The van der Waals surface area contributed by atoms with Crippen molar-refractivity contribution in [3.05, 3.63) is 79.1 Å². The van der Waals surface area contributed by atoms with E-state index in [9.17, 15) is 4.39 Å². The minimum atomic E-state index is -0.276. The summed E-state index contributed by atoms with van der Waals surface area (Å²) in [4.78, 5) is 16.8. The van der Waals surface area contributed by atoms with Gasteiger partial charge >= 0.3 is 0 Å². The molecule has 1 saturated heterocycles. The van der Waals surface area contributed by atoms with E-state index in [0.717, 1.165) is 64.8 Å². The fraction of sp³-hybridized carbons (Fsp3) is 0.172. The zero-order valence-electron chi connectivity index (χ0n) is 20.4. The van der Waals surface area contributed by atoms with Crippen molar-refractivity contribution in [3.63, 3.8) is 0 Å². The summed E-state index contributed by atoms with van der Waals surface area (Å²) in [6.07, 6.45) is 9.20. The predicted molar refractivity (Wildman–Crippen MR) is 144 cm³/mol. The summed E-state index contributed by atoms with van der Waals surface area (Å²) in [5.41, 5.74) is 5.92. The summed E-state index contributed by atoms with van der Waals surface area (Å²) in [7, 11) is 0. The second-order valence-corrected chi connectivity index (χ2v) is 9.45. The lowest BCUT2D eigenvalue weighted by molar-refractivity contribution is 0.162. The molecule has 1 fully saturated rings. The van der Waals surface area contributed by atoms with Crippen LogP contribution in [-0.4, -0.2) is 49.3 Å². The molecule has 1 aliphatic rings. The molecule has 1 aromatic carbocycles. The van der Waals surface area contributed by atoms with Gasteiger partial charge in [0.15, 0.2) is 5.65 Å². The maximum atomic E-state index is 14.6. The maximum absolute atomic E-state index is 14.6. The highest BCUT2D eigenvalue weighted by Gasteiger charge is 2.18. The van der Waals surface area contributed by atoms with Gasteiger partial charge in [0.2, 0.25) is 0 Å². The molecule has 188 valence electrons. The molecule has 0 unspecified atom stereocenters. The van der Waals surface area contributed by atoms with Gasteiger partial charge in [-0.1, -0.05) is 18.2 Å². The van der Waals surface area contributed by atoms with Gasteiger partial charge in [0.25, 0.3) is 0 Å². The molecular formula is C29H24FN7O. The molecule has 0 bridgehead atoms. The van der Waals surface area contributed by atoms with Gasteiger partial charge < -0.3 is 15.0 Å². The van der Waals surface area contributed by atoms with Crippen LogP contribution in [0.15, 0.2) is 73.3 Å². The number of rotatable bonds is 5. The van der Waals surface area contributed by atoms with Gasteiger partial charge in [-0.25, -0.2) is 14.4 Å². The number of fused-ring (bicyclic) bond motifs is 2. The molecule has 6 heterocycles. The summed E-state index contributed by atoms with van der Waals surface area (Å²) in [5.74, 6) is 0.478. The zero-order valence-corrected chi connectivity index (χ0v) is 20.4. The third-order valence-corrected chi connectivity index (χ3v) is 7.00. The predicted octanol–water partition coefficient (Wildman–Crippen LogP) is 5.50. The second kappa shape index (κ2) is 9.35. The monoisotopic (exact) mass is 505 g/mol. The number of pyridine rings is 3. The fourth-order valence-electron chi connectivity index (χ4n) is 5.08. The van der Waals surface area contributed by atoms with Crippen LogP contribution in [0.3, 0.4) is 0 Å². The number of benzene rings is 1. The minimum absolute atomic E-state index is 0.194. The lowest BCUT2D eigenvalue weighted by Gasteiger charge is -2.23. The summed E-state index contributed by atoms with van der Waals surface area (Å²) in [6.45, 7) is 1.93. The van der Waals surface area contributed by atoms with Crippen molar-refractivity contribution in [2.45, 2.75) is 18.9 Å². The van der Waals surface area contributed by atoms with Crippen LogP contribution in [0.5, 0.6) is 5.75 Å². The SMILES string of the molecule is Fc1ccccc1-c1ccnc2[nH]c(-c3n[nH]c4ncc(-c5cncc(OC6CCNCC6)c5)cc34)cc12. The molecule has 3 N–H and O–H groups in total. The van der Waals surface area contributed by atoms with Gasteiger partial charge in [-0.05, 0) is 61.8 Å². The van der Waals surface area contributed by atoms with Crippen LogP contribution in [0, 0.1) is 5.82 Å². The molecule has 7 rings (SSSR count). The molecule has 9 heteroatoms. The van der Waals surface area contributed by atoms with Crippen molar-refractivity contribution < 1.29 is 9.13 Å². The summed E-state index contributed by atoms with van der Waals surface area (Å²) in [5, 5.41) is 12.6. The zero-order chi connectivity index (χ0) is 25.5. The Morgan fingerprint density at radius 3 is 2.61 bits per heavy atom. The van der Waals surface area contributed by atoms with Crippen molar-refractivity contribution in [2.24, 2.45) is 0 Å². The molecule has 0 amide bonds. The number of H-pyrrole nitrogens is 2. The van der Waals surface area contributed by atoms with E-state index in [-0.39, 0.29) is 11.9 Å². The van der Waals surface area contributed by atoms with Crippen LogP contribution in [-0.2, 0) is 0 Å². The number of halogens is 1. The topological polar surface area (TPSA) is 104 Å². The van der Waals surface area contributed by atoms with Crippen molar-refractivity contribution >= 4 is 22.1 Å². The van der Waals surface area contributed by atoms with E-state index in [1.807, 2.05) is 36.5 Å². The molecule has 6 aromatic rings. The van der Waals surface area contributed by atoms with E-state index < -0.39 is 0 Å². The number of hydrogen-bond donors (Lipinski definition) is 3. The summed E-state index contributed by atoms with van der Waals surface area (Å²) < 4.78 is 20.8. The number of ether oxygens (including phenoxy) is 1. The number of nitrogens with zero attached hydrogens (tertiary/aromatic N) is 4. The Morgan fingerprint density at radius 1 is 0.842 bits per heavy atom. The first-order chi connectivity index (χ1) is 18.7. The van der Waals surface area contributed by atoms with Crippen LogP contribution in [0.25, 0.3) is 55.7 Å². The molecule has 0 aliphatic carbocycles. The first-order valence-corrected chi connectivity index (χ1v) is 12.6. The standard InChI is InChI=1S/C29H24FN7O/c30-25-4-2-1-3-22(25)21-7-10-33-28-23(21)13-26(35-28)27-24-12-18(15-34-29(24)37-36-27)17-11-20(16-32-14-17)38-19-5-8-31-9-6-19/h1-4,7,10-16,19,31H,5-6,8-9H2,(H,33,35)(H,34,36,37). The highest BCUT2D eigenvalue weighted by Crippen LogP contribution is 2.35. The van der Waals surface area contributed by atoms with Gasteiger partial charge in [-0.3, -0.25) is 10.1 Å². The third kappa shape index (κ3) is 4.06. The number of nitrogens with one attached hydrogen (secondary N) is 3. The molecule has 38 heavy (non-hydrogen) atoms. The highest BCUT2D eigenvalue weighted by atomic mass is 19.1. The van der Waals surface area contributed by atoms with Gasteiger partial charge in [0, 0.05) is 46.1 Å². The fourth-order valence-corrected chi connectivity index (χ4v) is 5.08. The molecule has 0 radical (unpaired) electrons. The largest absolute Gasteiger partial charge is 0.489 e. The van der Waals surface area contributed by atoms with E-state index in [0.29, 0.717) is 22.6 Å². The number of aromatic amines is 2. The molecule has 0 spiro atoms. The average Bonchev–Trinajstić information content (AvgIpc) is 3.58. The molecule has 0 saturated carbocycles. The van der Waals surface area contributed by atoms with Crippen LogP contribution < -0.4 is 10.1 Å². The van der Waals surface area contributed by atoms with E-state index in [2.05, 4.69) is 35.5 Å². The summed E-state index contributed by atoms with van der Waals surface area (Å²) >= 11 is 0. The Hall–Kier alpha value is -4.63. The first kappa shape index (κ1) is 22.6. The van der Waals surface area contributed by atoms with Crippen molar-refractivity contribution in [1.82, 2.24) is 35.5 Å². The van der Waals surface area contributed by atoms with E-state index in [4.69, 9.17) is 4.74 Å². The highest BCUT2D eigenvalue weighted by molar-refractivity contribution is 5.99. The molecule has 0 atom stereocenters. The summed E-state index contributed by atoms with van der Waals surface area (Å²) in [6, 6.07) is 14.6. The van der Waals surface area contributed by atoms with Crippen molar-refractivity contribution in [1.29, 1.82) is 0 Å². The number of piperidine rings is 1. The molecule has 5 aromatic heterocycles. The third-order valence-electron chi connectivity index (χ3n) is 7.00. The maximum Gasteiger partial charge on any atom is 0.155 e. The normalized spacial score (nSPS) is 14.3. The molecular weight excluding hydrogens is 481 g/mol.